The van der Waals surface area contributed by atoms with E-state index in [4.69, 9.17) is 12.2 Å². The zero-order valence-corrected chi connectivity index (χ0v) is 15.8. The molecule has 0 radical (unpaired) electrons. The zero-order valence-electron chi connectivity index (χ0n) is 12.5. The van der Waals surface area contributed by atoms with E-state index in [1.54, 1.807) is 12.1 Å². The molecule has 22 heavy (non-hydrogen) atoms. The highest BCUT2D eigenvalue weighted by Crippen LogP contribution is 2.28. The molecule has 0 heterocycles. The predicted molar refractivity (Wildman–Crippen MR) is 102 cm³/mol. The summed E-state index contributed by atoms with van der Waals surface area (Å²) in [6.45, 7) is 0.823. The molecule has 122 valence electrons. The Morgan fingerprint density at radius 2 is 2.09 bits per heavy atom. The van der Waals surface area contributed by atoms with Crippen molar-refractivity contribution < 1.29 is 4.39 Å². The van der Waals surface area contributed by atoms with Crippen molar-refractivity contribution in [3.63, 3.8) is 0 Å². The quantitative estimate of drug-likeness (QED) is 0.494. The van der Waals surface area contributed by atoms with Crippen LogP contribution in [0.1, 0.15) is 38.5 Å². The first-order chi connectivity index (χ1) is 10.6. The summed E-state index contributed by atoms with van der Waals surface area (Å²) in [6.07, 6.45) is 8.02. The van der Waals surface area contributed by atoms with Crippen LogP contribution < -0.4 is 10.6 Å². The number of thioether (sulfide) groups is 1. The van der Waals surface area contributed by atoms with E-state index >= 15 is 0 Å². The van der Waals surface area contributed by atoms with Crippen LogP contribution in [0, 0.1) is 5.82 Å². The second-order valence-electron chi connectivity index (χ2n) is 5.49. The zero-order chi connectivity index (χ0) is 15.8. The SMILES string of the molecule is Fc1cc(Br)ccc1NC(=S)NCCCSC1CCCCC1. The Morgan fingerprint density at radius 1 is 1.32 bits per heavy atom. The molecular formula is C16H22BrFN2S2. The minimum atomic E-state index is -0.314. The number of halogens is 2. The molecule has 0 spiro atoms. The topological polar surface area (TPSA) is 24.1 Å². The van der Waals surface area contributed by atoms with Gasteiger partial charge in [0.25, 0.3) is 0 Å². The van der Waals surface area contributed by atoms with Crippen LogP contribution in [-0.4, -0.2) is 22.7 Å². The smallest absolute Gasteiger partial charge is 0.170 e. The Balaban J connectivity index is 1.59. The lowest BCUT2D eigenvalue weighted by Crippen LogP contribution is -2.30. The Bertz CT molecular complexity index is 493. The van der Waals surface area contributed by atoms with Crippen molar-refractivity contribution in [3.8, 4) is 0 Å². The second-order valence-corrected chi connectivity index (χ2v) is 8.22. The summed E-state index contributed by atoms with van der Waals surface area (Å²) in [5.41, 5.74) is 0.400. The minimum absolute atomic E-state index is 0.314. The van der Waals surface area contributed by atoms with Gasteiger partial charge in [-0.1, -0.05) is 35.2 Å². The van der Waals surface area contributed by atoms with Gasteiger partial charge < -0.3 is 10.6 Å². The number of thiocarbonyl (C=S) groups is 1. The number of anilines is 1. The first-order valence-electron chi connectivity index (χ1n) is 7.76. The van der Waals surface area contributed by atoms with Gasteiger partial charge in [-0.2, -0.15) is 11.8 Å². The van der Waals surface area contributed by atoms with Crippen LogP contribution in [0.25, 0.3) is 0 Å². The van der Waals surface area contributed by atoms with Gasteiger partial charge in [0.1, 0.15) is 5.82 Å². The lowest BCUT2D eigenvalue weighted by atomic mass is 10.0. The molecular weight excluding hydrogens is 383 g/mol. The van der Waals surface area contributed by atoms with Crippen molar-refractivity contribution >= 4 is 50.7 Å². The first-order valence-corrected chi connectivity index (χ1v) is 10.0. The monoisotopic (exact) mass is 404 g/mol. The molecule has 1 aromatic carbocycles. The summed E-state index contributed by atoms with van der Waals surface area (Å²) >= 11 is 10.5. The lowest BCUT2D eigenvalue weighted by molar-refractivity contribution is 0.516. The summed E-state index contributed by atoms with van der Waals surface area (Å²) in [5.74, 6) is 0.846. The Kier molecular flexibility index (Phi) is 7.97. The van der Waals surface area contributed by atoms with Crippen molar-refractivity contribution in [2.45, 2.75) is 43.8 Å². The van der Waals surface area contributed by atoms with E-state index in [0.29, 0.717) is 15.3 Å². The van der Waals surface area contributed by atoms with Crippen molar-refractivity contribution in [1.82, 2.24) is 5.32 Å². The average Bonchev–Trinajstić information content (AvgIpc) is 2.51. The molecule has 2 nitrogen and oxygen atoms in total. The molecule has 1 saturated carbocycles. The van der Waals surface area contributed by atoms with Gasteiger partial charge in [-0.05, 0) is 55.4 Å². The molecule has 0 aromatic heterocycles. The number of rotatable bonds is 6. The molecule has 1 aliphatic rings. The van der Waals surface area contributed by atoms with Crippen LogP contribution in [0.5, 0.6) is 0 Å². The third-order valence-corrected chi connectivity index (χ3v) is 5.90. The maximum absolute atomic E-state index is 13.7. The average molecular weight is 405 g/mol. The van der Waals surface area contributed by atoms with Crippen molar-refractivity contribution in [2.24, 2.45) is 0 Å². The van der Waals surface area contributed by atoms with Gasteiger partial charge >= 0.3 is 0 Å². The van der Waals surface area contributed by atoms with Crippen molar-refractivity contribution in [1.29, 1.82) is 0 Å². The maximum Gasteiger partial charge on any atom is 0.170 e. The minimum Gasteiger partial charge on any atom is -0.362 e. The fourth-order valence-electron chi connectivity index (χ4n) is 2.51. The van der Waals surface area contributed by atoms with Crippen LogP contribution in [0.15, 0.2) is 22.7 Å². The van der Waals surface area contributed by atoms with Crippen molar-refractivity contribution in [3.05, 3.63) is 28.5 Å². The van der Waals surface area contributed by atoms with Gasteiger partial charge in [0, 0.05) is 16.3 Å². The van der Waals surface area contributed by atoms with E-state index in [1.807, 2.05) is 0 Å². The van der Waals surface area contributed by atoms with E-state index in [2.05, 4.69) is 38.3 Å². The lowest BCUT2D eigenvalue weighted by Gasteiger charge is -2.20. The summed E-state index contributed by atoms with van der Waals surface area (Å²) in [4.78, 5) is 0. The molecule has 2 rings (SSSR count). The summed E-state index contributed by atoms with van der Waals surface area (Å²) < 4.78 is 14.4. The van der Waals surface area contributed by atoms with Crippen LogP contribution in [0.4, 0.5) is 10.1 Å². The highest BCUT2D eigenvalue weighted by atomic mass is 79.9. The molecule has 0 bridgehead atoms. The summed E-state index contributed by atoms with van der Waals surface area (Å²) in [7, 11) is 0. The largest absolute Gasteiger partial charge is 0.362 e. The summed E-state index contributed by atoms with van der Waals surface area (Å²) in [6, 6.07) is 4.88. The van der Waals surface area contributed by atoms with E-state index in [0.717, 1.165) is 24.0 Å². The summed E-state index contributed by atoms with van der Waals surface area (Å²) in [5, 5.41) is 7.37. The molecule has 2 N–H and O–H groups in total. The van der Waals surface area contributed by atoms with E-state index in [-0.39, 0.29) is 5.82 Å². The van der Waals surface area contributed by atoms with Crippen LogP contribution in [0.3, 0.4) is 0 Å². The molecule has 0 saturated heterocycles. The van der Waals surface area contributed by atoms with Crippen LogP contribution >= 0.6 is 39.9 Å². The third kappa shape index (κ3) is 6.42. The highest BCUT2D eigenvalue weighted by molar-refractivity contribution is 9.10. The van der Waals surface area contributed by atoms with Gasteiger partial charge in [0.15, 0.2) is 5.11 Å². The molecule has 0 aliphatic heterocycles. The molecule has 0 atom stereocenters. The molecule has 1 fully saturated rings. The molecule has 0 unspecified atom stereocenters. The van der Waals surface area contributed by atoms with E-state index < -0.39 is 0 Å². The first kappa shape index (κ1) is 18.0. The molecule has 6 heteroatoms. The Morgan fingerprint density at radius 3 is 2.82 bits per heavy atom. The maximum atomic E-state index is 13.7. The van der Waals surface area contributed by atoms with Gasteiger partial charge in [0.05, 0.1) is 5.69 Å². The normalized spacial score (nSPS) is 15.5. The molecule has 0 amide bonds. The van der Waals surface area contributed by atoms with Gasteiger partial charge in [-0.15, -0.1) is 0 Å². The van der Waals surface area contributed by atoms with Gasteiger partial charge in [0.2, 0.25) is 0 Å². The fourth-order valence-corrected chi connectivity index (χ4v) is 4.37. The number of hydrogen-bond donors (Lipinski definition) is 2. The van der Waals surface area contributed by atoms with Gasteiger partial charge in [-0.3, -0.25) is 0 Å². The van der Waals surface area contributed by atoms with Gasteiger partial charge in [-0.25, -0.2) is 4.39 Å². The van der Waals surface area contributed by atoms with Crippen molar-refractivity contribution in [2.75, 3.05) is 17.6 Å². The standard InChI is InChI=1S/C16H22BrFN2S2/c17-12-7-8-15(14(18)11-12)20-16(21)19-9-4-10-22-13-5-2-1-3-6-13/h7-8,11,13H,1-6,9-10H2,(H2,19,20,21). The predicted octanol–water partition coefficient (Wildman–Crippen LogP) is 5.33. The second kappa shape index (κ2) is 9.73. The fraction of sp³-hybridized carbons (Fsp3) is 0.562. The molecule has 1 aromatic rings. The van der Waals surface area contributed by atoms with E-state index in [9.17, 15) is 4.39 Å². The molecule has 1 aliphatic carbocycles. The number of hydrogen-bond acceptors (Lipinski definition) is 2. The Hall–Kier alpha value is -0.330. The van der Waals surface area contributed by atoms with Crippen LogP contribution in [-0.2, 0) is 0 Å². The number of nitrogens with one attached hydrogen (secondary N) is 2. The van der Waals surface area contributed by atoms with E-state index in [1.165, 1.54) is 38.2 Å². The van der Waals surface area contributed by atoms with Crippen LogP contribution in [0.2, 0.25) is 0 Å². The third-order valence-electron chi connectivity index (χ3n) is 3.69. The highest BCUT2D eigenvalue weighted by Gasteiger charge is 2.13. The number of benzene rings is 1. The Labute approximate surface area is 150 Å².